The van der Waals surface area contributed by atoms with E-state index in [4.69, 9.17) is 4.74 Å². The number of hydrogen-bond acceptors (Lipinski definition) is 4. The minimum absolute atomic E-state index is 0.165. The van der Waals surface area contributed by atoms with E-state index in [2.05, 4.69) is 35.3 Å². The molecular formula is C27H28N4O2. The van der Waals surface area contributed by atoms with Gasteiger partial charge in [0.05, 0.1) is 11.9 Å². The Morgan fingerprint density at radius 2 is 1.88 bits per heavy atom. The predicted octanol–water partition coefficient (Wildman–Crippen LogP) is 5.74. The summed E-state index contributed by atoms with van der Waals surface area (Å²) in [5, 5.41) is 7.49. The summed E-state index contributed by atoms with van der Waals surface area (Å²) in [6, 6.07) is 18.9. The molecule has 0 aliphatic carbocycles. The van der Waals surface area contributed by atoms with Gasteiger partial charge in [0.1, 0.15) is 12.4 Å². The number of pyridine rings is 1. The van der Waals surface area contributed by atoms with Crippen LogP contribution in [0.2, 0.25) is 0 Å². The average molecular weight is 441 g/mol. The second kappa shape index (κ2) is 10.1. The number of carbonyl (C=O) groups is 1. The van der Waals surface area contributed by atoms with Gasteiger partial charge in [-0.1, -0.05) is 32.0 Å². The number of amides is 1. The van der Waals surface area contributed by atoms with Crippen LogP contribution in [0.5, 0.6) is 5.75 Å². The van der Waals surface area contributed by atoms with Gasteiger partial charge in [-0.3, -0.25) is 14.5 Å². The number of aryl methyl sites for hydroxylation is 1. The number of nitrogens with one attached hydrogen (secondary N) is 1. The van der Waals surface area contributed by atoms with Crippen molar-refractivity contribution in [1.82, 2.24) is 14.8 Å². The van der Waals surface area contributed by atoms with Gasteiger partial charge in [-0.25, -0.2) is 0 Å². The van der Waals surface area contributed by atoms with Crippen molar-refractivity contribution in [2.75, 3.05) is 5.32 Å². The highest BCUT2D eigenvalue weighted by atomic mass is 16.5. The summed E-state index contributed by atoms with van der Waals surface area (Å²) in [5.74, 6) is 1.05. The van der Waals surface area contributed by atoms with E-state index in [0.29, 0.717) is 23.8 Å². The predicted molar refractivity (Wildman–Crippen MR) is 130 cm³/mol. The van der Waals surface area contributed by atoms with Gasteiger partial charge in [-0.05, 0) is 66.4 Å². The summed E-state index contributed by atoms with van der Waals surface area (Å²) < 4.78 is 7.71. The van der Waals surface area contributed by atoms with E-state index in [1.807, 2.05) is 54.3 Å². The Morgan fingerprint density at radius 1 is 1.06 bits per heavy atom. The SMILES string of the molecule is Cc1ccc(-c2cnn(CC(C)C)c2)cc1NC(=O)c1ccc(OCc2ccccn2)cc1. The Labute approximate surface area is 194 Å². The molecule has 33 heavy (non-hydrogen) atoms. The number of aromatic nitrogens is 3. The molecule has 0 atom stereocenters. The molecule has 0 saturated heterocycles. The number of hydrogen-bond donors (Lipinski definition) is 1. The highest BCUT2D eigenvalue weighted by Gasteiger charge is 2.11. The number of nitrogens with zero attached hydrogens (tertiary/aromatic N) is 3. The monoisotopic (exact) mass is 440 g/mol. The summed E-state index contributed by atoms with van der Waals surface area (Å²) in [4.78, 5) is 17.1. The molecule has 4 rings (SSSR count). The fourth-order valence-electron chi connectivity index (χ4n) is 3.46. The zero-order valence-corrected chi connectivity index (χ0v) is 19.2. The molecule has 0 bridgehead atoms. The second-order valence-corrected chi connectivity index (χ2v) is 8.46. The van der Waals surface area contributed by atoms with E-state index in [0.717, 1.165) is 34.6 Å². The maximum Gasteiger partial charge on any atom is 0.255 e. The molecule has 0 saturated carbocycles. The number of benzene rings is 2. The minimum atomic E-state index is -0.165. The van der Waals surface area contributed by atoms with E-state index in [1.54, 1.807) is 30.5 Å². The van der Waals surface area contributed by atoms with Crippen LogP contribution >= 0.6 is 0 Å². The fourth-order valence-corrected chi connectivity index (χ4v) is 3.46. The maximum atomic E-state index is 12.9. The van der Waals surface area contributed by atoms with Gasteiger partial charge < -0.3 is 10.1 Å². The van der Waals surface area contributed by atoms with E-state index in [1.165, 1.54) is 0 Å². The van der Waals surface area contributed by atoms with Crippen molar-refractivity contribution < 1.29 is 9.53 Å². The molecule has 6 heteroatoms. The van der Waals surface area contributed by atoms with Gasteiger partial charge in [0.15, 0.2) is 0 Å². The van der Waals surface area contributed by atoms with Crippen LogP contribution in [0, 0.1) is 12.8 Å². The molecule has 6 nitrogen and oxygen atoms in total. The van der Waals surface area contributed by atoms with Crippen molar-refractivity contribution in [3.63, 3.8) is 0 Å². The molecule has 2 aromatic carbocycles. The summed E-state index contributed by atoms with van der Waals surface area (Å²) in [6.45, 7) is 7.57. The van der Waals surface area contributed by atoms with Crippen LogP contribution in [-0.2, 0) is 13.2 Å². The van der Waals surface area contributed by atoms with Gasteiger partial charge in [0.25, 0.3) is 5.91 Å². The average Bonchev–Trinajstić information content (AvgIpc) is 3.28. The van der Waals surface area contributed by atoms with Crippen molar-refractivity contribution in [3.8, 4) is 16.9 Å². The third kappa shape index (κ3) is 5.86. The second-order valence-electron chi connectivity index (χ2n) is 8.46. The van der Waals surface area contributed by atoms with Crippen molar-refractivity contribution in [2.45, 2.75) is 33.9 Å². The highest BCUT2D eigenvalue weighted by molar-refractivity contribution is 6.05. The molecule has 0 radical (unpaired) electrons. The lowest BCUT2D eigenvalue weighted by atomic mass is 10.1. The molecule has 2 heterocycles. The van der Waals surface area contributed by atoms with Crippen LogP contribution in [0.15, 0.2) is 79.3 Å². The summed E-state index contributed by atoms with van der Waals surface area (Å²) in [5.41, 5.74) is 5.24. The van der Waals surface area contributed by atoms with Crippen molar-refractivity contribution in [2.24, 2.45) is 5.92 Å². The zero-order chi connectivity index (χ0) is 23.2. The molecule has 1 amide bonds. The first-order valence-electron chi connectivity index (χ1n) is 11.1. The molecule has 2 aromatic heterocycles. The van der Waals surface area contributed by atoms with Crippen LogP contribution in [0.25, 0.3) is 11.1 Å². The Morgan fingerprint density at radius 3 is 2.61 bits per heavy atom. The lowest BCUT2D eigenvalue weighted by Gasteiger charge is -2.11. The summed E-state index contributed by atoms with van der Waals surface area (Å²) >= 11 is 0. The van der Waals surface area contributed by atoms with E-state index in [-0.39, 0.29) is 5.91 Å². The maximum absolute atomic E-state index is 12.9. The normalized spacial score (nSPS) is 10.9. The zero-order valence-electron chi connectivity index (χ0n) is 19.2. The van der Waals surface area contributed by atoms with Gasteiger partial charge >= 0.3 is 0 Å². The summed E-state index contributed by atoms with van der Waals surface area (Å²) in [7, 11) is 0. The first-order valence-corrected chi connectivity index (χ1v) is 11.1. The molecule has 4 aromatic rings. The van der Waals surface area contributed by atoms with Crippen LogP contribution in [0.1, 0.15) is 35.5 Å². The highest BCUT2D eigenvalue weighted by Crippen LogP contribution is 2.26. The summed E-state index contributed by atoms with van der Waals surface area (Å²) in [6.07, 6.45) is 5.64. The van der Waals surface area contributed by atoms with Gasteiger partial charge in [0.2, 0.25) is 0 Å². The van der Waals surface area contributed by atoms with E-state index in [9.17, 15) is 4.79 Å². The molecule has 0 fully saturated rings. The van der Waals surface area contributed by atoms with Crippen LogP contribution in [-0.4, -0.2) is 20.7 Å². The number of carbonyl (C=O) groups excluding carboxylic acids is 1. The lowest BCUT2D eigenvalue weighted by molar-refractivity contribution is 0.102. The standard InChI is InChI=1S/C27H28N4O2/c1-19(2)16-31-17-23(15-29-31)22-8-7-20(3)26(14-22)30-27(32)21-9-11-25(12-10-21)33-18-24-6-4-5-13-28-24/h4-15,17,19H,16,18H2,1-3H3,(H,30,32). The van der Waals surface area contributed by atoms with Crippen molar-refractivity contribution >= 4 is 11.6 Å². The first kappa shape index (κ1) is 22.3. The van der Waals surface area contributed by atoms with E-state index >= 15 is 0 Å². The molecule has 0 unspecified atom stereocenters. The fraction of sp³-hybridized carbons (Fsp3) is 0.222. The van der Waals surface area contributed by atoms with Gasteiger partial charge in [-0.15, -0.1) is 0 Å². The third-order valence-electron chi connectivity index (χ3n) is 5.23. The first-order chi connectivity index (χ1) is 16.0. The molecule has 0 spiro atoms. The molecule has 0 aliphatic rings. The van der Waals surface area contributed by atoms with Gasteiger partial charge in [0, 0.05) is 35.8 Å². The smallest absolute Gasteiger partial charge is 0.255 e. The lowest BCUT2D eigenvalue weighted by Crippen LogP contribution is -2.12. The number of ether oxygens (including phenoxy) is 1. The third-order valence-corrected chi connectivity index (χ3v) is 5.23. The molecule has 1 N–H and O–H groups in total. The van der Waals surface area contributed by atoms with Crippen LogP contribution < -0.4 is 10.1 Å². The van der Waals surface area contributed by atoms with Crippen LogP contribution in [0.3, 0.4) is 0 Å². The quantitative estimate of drug-likeness (QED) is 0.379. The molecular weight excluding hydrogens is 412 g/mol. The van der Waals surface area contributed by atoms with Crippen LogP contribution in [0.4, 0.5) is 5.69 Å². The topological polar surface area (TPSA) is 69.0 Å². The number of anilines is 1. The van der Waals surface area contributed by atoms with E-state index < -0.39 is 0 Å². The minimum Gasteiger partial charge on any atom is -0.487 e. The molecule has 0 aliphatic heterocycles. The number of rotatable bonds is 8. The van der Waals surface area contributed by atoms with Crippen molar-refractivity contribution in [3.05, 3.63) is 96.1 Å². The Bertz CT molecular complexity index is 1210. The largest absolute Gasteiger partial charge is 0.487 e. The van der Waals surface area contributed by atoms with Gasteiger partial charge in [-0.2, -0.15) is 5.10 Å². The Hall–Kier alpha value is -3.93. The Kier molecular flexibility index (Phi) is 6.83. The molecule has 168 valence electrons. The Balaban J connectivity index is 1.42. The van der Waals surface area contributed by atoms with Crippen molar-refractivity contribution in [1.29, 1.82) is 0 Å².